The van der Waals surface area contributed by atoms with E-state index in [2.05, 4.69) is 57.3 Å². The summed E-state index contributed by atoms with van der Waals surface area (Å²) >= 11 is 0. The van der Waals surface area contributed by atoms with Crippen LogP contribution in [0.4, 0.5) is 0 Å². The molecule has 0 bridgehead atoms. The van der Waals surface area contributed by atoms with E-state index in [1.54, 1.807) is 0 Å². The molecule has 1 aromatic carbocycles. The second kappa shape index (κ2) is 5.16. The molecule has 0 radical (unpaired) electrons. The topological polar surface area (TPSA) is 21.3 Å². The summed E-state index contributed by atoms with van der Waals surface area (Å²) in [6.45, 7) is 10.1. The van der Waals surface area contributed by atoms with Crippen molar-refractivity contribution >= 4 is 0 Å². The first kappa shape index (κ1) is 14.1. The first-order valence-corrected chi connectivity index (χ1v) is 7.95. The zero-order valence-electron chi connectivity index (χ0n) is 13.1. The third-order valence-corrected chi connectivity index (χ3v) is 5.42. The SMILES string of the molecule is Cc1ccccc1C(C)NC1C2CCCOC2C1(C)C. The average molecular weight is 273 g/mol. The molecule has 2 fully saturated rings. The van der Waals surface area contributed by atoms with E-state index < -0.39 is 0 Å². The van der Waals surface area contributed by atoms with Crippen LogP contribution < -0.4 is 5.32 Å². The van der Waals surface area contributed by atoms with Gasteiger partial charge in [0, 0.05) is 30.0 Å². The van der Waals surface area contributed by atoms with Crippen LogP contribution in [-0.2, 0) is 4.74 Å². The molecule has 1 saturated carbocycles. The van der Waals surface area contributed by atoms with Gasteiger partial charge in [0.15, 0.2) is 0 Å². The van der Waals surface area contributed by atoms with E-state index in [1.807, 2.05) is 0 Å². The summed E-state index contributed by atoms with van der Waals surface area (Å²) < 4.78 is 5.99. The van der Waals surface area contributed by atoms with Crippen molar-refractivity contribution in [3.8, 4) is 0 Å². The number of benzene rings is 1. The minimum atomic E-state index is 0.252. The Bertz CT molecular complexity index is 482. The zero-order valence-corrected chi connectivity index (χ0v) is 13.1. The Balaban J connectivity index is 1.73. The van der Waals surface area contributed by atoms with Gasteiger partial charge in [-0.15, -0.1) is 0 Å². The molecule has 0 spiro atoms. The molecule has 0 aromatic heterocycles. The lowest BCUT2D eigenvalue weighted by Gasteiger charge is -2.60. The maximum atomic E-state index is 5.99. The molecular formula is C18H27NO. The fourth-order valence-corrected chi connectivity index (χ4v) is 4.29. The van der Waals surface area contributed by atoms with Gasteiger partial charge in [-0.25, -0.2) is 0 Å². The Kier molecular flexibility index (Phi) is 3.64. The van der Waals surface area contributed by atoms with Crippen LogP contribution in [0.15, 0.2) is 24.3 Å². The van der Waals surface area contributed by atoms with Gasteiger partial charge in [-0.05, 0) is 37.8 Å². The molecule has 1 aromatic rings. The fraction of sp³-hybridized carbons (Fsp3) is 0.667. The van der Waals surface area contributed by atoms with Crippen LogP contribution in [-0.4, -0.2) is 18.8 Å². The molecule has 110 valence electrons. The van der Waals surface area contributed by atoms with Crippen LogP contribution >= 0.6 is 0 Å². The summed E-state index contributed by atoms with van der Waals surface area (Å²) in [6, 6.07) is 9.67. The van der Waals surface area contributed by atoms with E-state index in [0.717, 1.165) is 6.61 Å². The molecule has 3 rings (SSSR count). The number of fused-ring (bicyclic) bond motifs is 1. The van der Waals surface area contributed by atoms with Crippen molar-refractivity contribution in [1.29, 1.82) is 0 Å². The summed E-state index contributed by atoms with van der Waals surface area (Å²) in [5, 5.41) is 3.88. The highest BCUT2D eigenvalue weighted by molar-refractivity contribution is 5.29. The Morgan fingerprint density at radius 2 is 2.05 bits per heavy atom. The number of ether oxygens (including phenoxy) is 1. The van der Waals surface area contributed by atoms with E-state index in [9.17, 15) is 0 Å². The second-order valence-corrected chi connectivity index (χ2v) is 7.14. The summed E-state index contributed by atoms with van der Waals surface area (Å²) in [4.78, 5) is 0. The molecule has 2 aliphatic rings. The molecule has 2 heteroatoms. The molecular weight excluding hydrogens is 246 g/mol. The summed E-state index contributed by atoms with van der Waals surface area (Å²) in [6.07, 6.45) is 2.98. The van der Waals surface area contributed by atoms with Crippen molar-refractivity contribution in [2.24, 2.45) is 11.3 Å². The summed E-state index contributed by atoms with van der Waals surface area (Å²) in [7, 11) is 0. The van der Waals surface area contributed by atoms with Crippen LogP contribution in [0.5, 0.6) is 0 Å². The first-order valence-electron chi connectivity index (χ1n) is 7.95. The van der Waals surface area contributed by atoms with Gasteiger partial charge in [-0.3, -0.25) is 0 Å². The number of aryl methyl sites for hydroxylation is 1. The quantitative estimate of drug-likeness (QED) is 0.903. The van der Waals surface area contributed by atoms with Gasteiger partial charge < -0.3 is 10.1 Å². The highest BCUT2D eigenvalue weighted by Crippen LogP contribution is 2.51. The lowest BCUT2D eigenvalue weighted by Crippen LogP contribution is -2.69. The maximum absolute atomic E-state index is 5.99. The van der Waals surface area contributed by atoms with Gasteiger partial charge in [-0.2, -0.15) is 0 Å². The Hall–Kier alpha value is -0.860. The van der Waals surface area contributed by atoms with Crippen molar-refractivity contribution in [2.45, 2.75) is 58.7 Å². The minimum Gasteiger partial charge on any atom is -0.377 e. The van der Waals surface area contributed by atoms with Crippen LogP contribution in [0.2, 0.25) is 0 Å². The lowest BCUT2D eigenvalue weighted by atomic mass is 9.55. The maximum Gasteiger partial charge on any atom is 0.0684 e. The molecule has 0 amide bonds. The summed E-state index contributed by atoms with van der Waals surface area (Å²) in [5.74, 6) is 0.699. The molecule has 4 unspecified atom stereocenters. The second-order valence-electron chi connectivity index (χ2n) is 7.14. The Morgan fingerprint density at radius 1 is 1.30 bits per heavy atom. The predicted octanol–water partition coefficient (Wildman–Crippen LogP) is 3.85. The van der Waals surface area contributed by atoms with E-state index in [4.69, 9.17) is 4.74 Å². The lowest BCUT2D eigenvalue weighted by molar-refractivity contribution is -0.194. The molecule has 1 saturated heterocycles. The van der Waals surface area contributed by atoms with Gasteiger partial charge in [0.2, 0.25) is 0 Å². The highest BCUT2D eigenvalue weighted by atomic mass is 16.5. The van der Waals surface area contributed by atoms with Crippen LogP contribution in [0, 0.1) is 18.3 Å². The first-order chi connectivity index (χ1) is 9.51. The molecule has 20 heavy (non-hydrogen) atoms. The van der Waals surface area contributed by atoms with Gasteiger partial charge in [0.1, 0.15) is 0 Å². The Morgan fingerprint density at radius 3 is 2.80 bits per heavy atom. The predicted molar refractivity (Wildman–Crippen MR) is 82.8 cm³/mol. The molecule has 1 heterocycles. The number of nitrogens with one attached hydrogen (secondary N) is 1. The number of hydrogen-bond donors (Lipinski definition) is 1. The number of hydrogen-bond acceptors (Lipinski definition) is 2. The van der Waals surface area contributed by atoms with E-state index >= 15 is 0 Å². The fourth-order valence-electron chi connectivity index (χ4n) is 4.29. The van der Waals surface area contributed by atoms with Gasteiger partial charge >= 0.3 is 0 Å². The van der Waals surface area contributed by atoms with Crippen molar-refractivity contribution in [1.82, 2.24) is 5.32 Å². The van der Waals surface area contributed by atoms with Gasteiger partial charge in [0.25, 0.3) is 0 Å². The molecule has 1 aliphatic heterocycles. The standard InChI is InChI=1S/C18H27NO/c1-12-8-5-6-9-14(12)13(2)19-16-15-10-7-11-20-17(15)18(16,3)4/h5-6,8-9,13,15-17,19H,7,10-11H2,1-4H3. The van der Waals surface area contributed by atoms with E-state index in [0.29, 0.717) is 24.1 Å². The van der Waals surface area contributed by atoms with Crippen molar-refractivity contribution in [3.63, 3.8) is 0 Å². The monoisotopic (exact) mass is 273 g/mol. The average Bonchev–Trinajstić information content (AvgIpc) is 2.45. The smallest absolute Gasteiger partial charge is 0.0684 e. The van der Waals surface area contributed by atoms with Crippen molar-refractivity contribution in [3.05, 3.63) is 35.4 Å². The van der Waals surface area contributed by atoms with Crippen LogP contribution in [0.3, 0.4) is 0 Å². The van der Waals surface area contributed by atoms with Crippen LogP contribution in [0.25, 0.3) is 0 Å². The third kappa shape index (κ3) is 2.19. The molecule has 1 N–H and O–H groups in total. The van der Waals surface area contributed by atoms with E-state index in [-0.39, 0.29) is 5.41 Å². The largest absolute Gasteiger partial charge is 0.377 e. The van der Waals surface area contributed by atoms with Crippen molar-refractivity contribution in [2.75, 3.05) is 6.61 Å². The third-order valence-electron chi connectivity index (χ3n) is 5.42. The molecule has 1 aliphatic carbocycles. The Labute approximate surface area is 122 Å². The zero-order chi connectivity index (χ0) is 14.3. The minimum absolute atomic E-state index is 0.252. The number of rotatable bonds is 3. The highest BCUT2D eigenvalue weighted by Gasteiger charge is 2.57. The molecule has 2 nitrogen and oxygen atoms in total. The van der Waals surface area contributed by atoms with Gasteiger partial charge in [-0.1, -0.05) is 38.1 Å². The van der Waals surface area contributed by atoms with Gasteiger partial charge in [0.05, 0.1) is 6.10 Å². The van der Waals surface area contributed by atoms with Crippen LogP contribution in [0.1, 0.15) is 50.8 Å². The normalized spacial score (nSPS) is 33.1. The van der Waals surface area contributed by atoms with E-state index in [1.165, 1.54) is 24.0 Å². The van der Waals surface area contributed by atoms with Crippen molar-refractivity contribution < 1.29 is 4.74 Å². The molecule has 4 atom stereocenters. The summed E-state index contributed by atoms with van der Waals surface area (Å²) in [5.41, 5.74) is 3.05.